The van der Waals surface area contributed by atoms with Crippen LogP contribution in [0.1, 0.15) is 45.1 Å². The molecule has 8 heteroatoms. The molecule has 0 unspecified atom stereocenters. The number of halogens is 4. The van der Waals surface area contributed by atoms with Crippen LogP contribution in [-0.4, -0.2) is 29.8 Å². The minimum Gasteiger partial charge on any atom is -0.342 e. The van der Waals surface area contributed by atoms with E-state index in [4.69, 9.17) is 11.6 Å². The first-order valence-electron chi connectivity index (χ1n) is 8.07. The molecule has 140 valence electrons. The first-order chi connectivity index (χ1) is 11.6. The third-order valence-corrected chi connectivity index (χ3v) is 3.97. The minimum atomic E-state index is -4.59. The van der Waals surface area contributed by atoms with Crippen molar-refractivity contribution in [2.75, 3.05) is 18.4 Å². The van der Waals surface area contributed by atoms with Crippen LogP contribution < -0.4 is 5.32 Å². The maximum Gasteiger partial charge on any atom is 0.417 e. The second-order valence-corrected chi connectivity index (χ2v) is 6.11. The number of carbonyl (C=O) groups excluding carboxylic acids is 2. The highest BCUT2D eigenvalue weighted by Gasteiger charge is 2.33. The van der Waals surface area contributed by atoms with Gasteiger partial charge in [0.1, 0.15) is 0 Å². The number of anilines is 1. The van der Waals surface area contributed by atoms with Gasteiger partial charge in [0.15, 0.2) is 0 Å². The Morgan fingerprint density at radius 2 is 1.88 bits per heavy atom. The van der Waals surface area contributed by atoms with Crippen molar-refractivity contribution < 1.29 is 22.8 Å². The summed E-state index contributed by atoms with van der Waals surface area (Å²) in [6, 6.07) is 3.19. The maximum absolute atomic E-state index is 12.8. The third-order valence-electron chi connectivity index (χ3n) is 3.64. The molecule has 2 amide bonds. The van der Waals surface area contributed by atoms with Gasteiger partial charge in [-0.05, 0) is 24.6 Å². The number of hydrogen-bond acceptors (Lipinski definition) is 2. The van der Waals surface area contributed by atoms with Gasteiger partial charge in [0.25, 0.3) is 0 Å². The molecule has 0 bridgehead atoms. The topological polar surface area (TPSA) is 49.4 Å². The van der Waals surface area contributed by atoms with Crippen LogP contribution in [0.25, 0.3) is 0 Å². The quantitative estimate of drug-likeness (QED) is 0.665. The Balaban J connectivity index is 2.63. The largest absolute Gasteiger partial charge is 0.417 e. The highest BCUT2D eigenvalue weighted by atomic mass is 35.5. The molecule has 0 saturated carbocycles. The number of unbranched alkanes of at least 4 members (excludes halogenated alkanes) is 2. The zero-order valence-electron chi connectivity index (χ0n) is 14.3. The molecular weight excluding hydrogens is 357 g/mol. The lowest BCUT2D eigenvalue weighted by atomic mass is 10.2. The van der Waals surface area contributed by atoms with Gasteiger partial charge < -0.3 is 10.2 Å². The van der Waals surface area contributed by atoms with Crippen LogP contribution in [-0.2, 0) is 15.8 Å². The summed E-state index contributed by atoms with van der Waals surface area (Å²) in [4.78, 5) is 25.1. The molecule has 0 aliphatic heterocycles. The molecule has 0 aromatic heterocycles. The normalized spacial score (nSPS) is 11.3. The summed E-state index contributed by atoms with van der Waals surface area (Å²) < 4.78 is 38.4. The first-order valence-corrected chi connectivity index (χ1v) is 8.45. The maximum atomic E-state index is 12.8. The second kappa shape index (κ2) is 9.65. The van der Waals surface area contributed by atoms with E-state index in [2.05, 4.69) is 5.32 Å². The smallest absolute Gasteiger partial charge is 0.342 e. The molecule has 0 atom stereocenters. The number of nitrogens with zero attached hydrogens (tertiary/aromatic N) is 1. The fraction of sp³-hybridized carbons (Fsp3) is 0.529. The predicted molar refractivity (Wildman–Crippen MR) is 91.5 cm³/mol. The summed E-state index contributed by atoms with van der Waals surface area (Å²) >= 11 is 5.54. The van der Waals surface area contributed by atoms with Crippen LogP contribution in [0, 0.1) is 0 Å². The predicted octanol–water partition coefficient (Wildman–Crippen LogP) is 4.73. The number of carbonyl (C=O) groups is 2. The molecule has 4 nitrogen and oxygen atoms in total. The number of benzene rings is 1. The van der Waals surface area contributed by atoms with Gasteiger partial charge in [-0.15, -0.1) is 0 Å². The van der Waals surface area contributed by atoms with Crippen molar-refractivity contribution in [2.24, 2.45) is 0 Å². The van der Waals surface area contributed by atoms with Crippen molar-refractivity contribution in [3.8, 4) is 0 Å². The molecule has 1 aromatic rings. The van der Waals surface area contributed by atoms with Gasteiger partial charge in [-0.3, -0.25) is 9.59 Å². The monoisotopic (exact) mass is 378 g/mol. The number of alkyl halides is 3. The molecular formula is C17H22ClF3N2O2. The Morgan fingerprint density at radius 3 is 2.44 bits per heavy atom. The van der Waals surface area contributed by atoms with Crippen LogP contribution in [0.4, 0.5) is 18.9 Å². The van der Waals surface area contributed by atoms with E-state index >= 15 is 0 Å². The summed E-state index contributed by atoms with van der Waals surface area (Å²) in [7, 11) is 0. The van der Waals surface area contributed by atoms with Crippen molar-refractivity contribution in [3.05, 3.63) is 28.8 Å². The average Bonchev–Trinajstić information content (AvgIpc) is 2.51. The van der Waals surface area contributed by atoms with E-state index in [0.29, 0.717) is 6.54 Å². The van der Waals surface area contributed by atoms with Crippen LogP contribution in [0.15, 0.2) is 18.2 Å². The van der Waals surface area contributed by atoms with Gasteiger partial charge >= 0.3 is 6.18 Å². The van der Waals surface area contributed by atoms with Crippen molar-refractivity contribution in [1.82, 2.24) is 4.90 Å². The molecule has 0 spiro atoms. The SMILES string of the molecule is CCCCCN(CCC(=O)Nc1ccc(Cl)c(C(F)(F)F)c1)C(C)=O. The highest BCUT2D eigenvalue weighted by molar-refractivity contribution is 6.31. The van der Waals surface area contributed by atoms with Crippen molar-refractivity contribution in [2.45, 2.75) is 45.7 Å². The molecule has 0 heterocycles. The molecule has 1 rings (SSSR count). The number of hydrogen-bond donors (Lipinski definition) is 1. The van der Waals surface area contributed by atoms with Crippen molar-refractivity contribution in [3.63, 3.8) is 0 Å². The minimum absolute atomic E-state index is 0.00961. The van der Waals surface area contributed by atoms with Crippen molar-refractivity contribution >= 4 is 29.1 Å². The Kier molecular flexibility index (Phi) is 8.22. The van der Waals surface area contributed by atoms with Crippen molar-refractivity contribution in [1.29, 1.82) is 0 Å². The molecule has 1 N–H and O–H groups in total. The molecule has 0 aliphatic rings. The van der Waals surface area contributed by atoms with Gasteiger partial charge in [0, 0.05) is 32.1 Å². The first kappa shape index (κ1) is 21.3. The summed E-state index contributed by atoms with van der Waals surface area (Å²) in [5.41, 5.74) is -0.987. The van der Waals surface area contributed by atoms with Gasteiger partial charge in [0.05, 0.1) is 10.6 Å². The lowest BCUT2D eigenvalue weighted by molar-refractivity contribution is -0.137. The summed E-state index contributed by atoms with van der Waals surface area (Å²) in [5.74, 6) is -0.591. The fourth-order valence-corrected chi connectivity index (χ4v) is 2.48. The molecule has 0 aliphatic carbocycles. The molecule has 25 heavy (non-hydrogen) atoms. The molecule has 0 radical (unpaired) electrons. The molecule has 1 aromatic carbocycles. The number of nitrogens with one attached hydrogen (secondary N) is 1. The summed E-state index contributed by atoms with van der Waals surface area (Å²) in [6.45, 7) is 4.27. The lowest BCUT2D eigenvalue weighted by Gasteiger charge is -2.20. The third kappa shape index (κ3) is 7.34. The fourth-order valence-electron chi connectivity index (χ4n) is 2.26. The Hall–Kier alpha value is -1.76. The van der Waals surface area contributed by atoms with Crippen LogP contribution in [0.3, 0.4) is 0 Å². The second-order valence-electron chi connectivity index (χ2n) is 5.70. The number of rotatable bonds is 8. The van der Waals surface area contributed by atoms with Gasteiger partial charge in [-0.25, -0.2) is 0 Å². The van der Waals surface area contributed by atoms with Crippen LogP contribution in [0.5, 0.6) is 0 Å². The summed E-state index contributed by atoms with van der Waals surface area (Å²) in [5, 5.41) is 1.98. The Morgan fingerprint density at radius 1 is 1.20 bits per heavy atom. The van der Waals surface area contributed by atoms with Crippen LogP contribution >= 0.6 is 11.6 Å². The average molecular weight is 379 g/mol. The van der Waals surface area contributed by atoms with E-state index in [1.54, 1.807) is 4.90 Å². The Labute approximate surface area is 150 Å². The lowest BCUT2D eigenvalue weighted by Crippen LogP contribution is -2.32. The molecule has 0 fully saturated rings. The van der Waals surface area contributed by atoms with Crippen LogP contribution in [0.2, 0.25) is 5.02 Å². The van der Waals surface area contributed by atoms with Gasteiger partial charge in [-0.1, -0.05) is 31.4 Å². The van der Waals surface area contributed by atoms with Gasteiger partial charge in [0.2, 0.25) is 11.8 Å². The zero-order valence-corrected chi connectivity index (χ0v) is 15.0. The van der Waals surface area contributed by atoms with E-state index in [-0.39, 0.29) is 24.6 Å². The van der Waals surface area contributed by atoms with E-state index < -0.39 is 22.7 Å². The molecule has 0 saturated heterocycles. The van der Waals surface area contributed by atoms with E-state index in [1.165, 1.54) is 13.0 Å². The number of amides is 2. The summed E-state index contributed by atoms with van der Waals surface area (Å²) in [6.07, 6.45) is -1.73. The highest BCUT2D eigenvalue weighted by Crippen LogP contribution is 2.36. The zero-order chi connectivity index (χ0) is 19.0. The van der Waals surface area contributed by atoms with E-state index in [1.807, 2.05) is 6.92 Å². The van der Waals surface area contributed by atoms with E-state index in [0.717, 1.165) is 31.4 Å². The Bertz CT molecular complexity index is 606. The van der Waals surface area contributed by atoms with E-state index in [9.17, 15) is 22.8 Å². The standard InChI is InChI=1S/C17H22ClF3N2O2/c1-3-4-5-9-23(12(2)24)10-8-16(25)22-13-6-7-15(18)14(11-13)17(19,20)21/h6-7,11H,3-5,8-10H2,1-2H3,(H,22,25). The van der Waals surface area contributed by atoms with Gasteiger partial charge in [-0.2, -0.15) is 13.2 Å².